The number of carbonyl (C=O) groups is 2. The molecule has 1 aliphatic heterocycles. The minimum atomic E-state index is -0.351. The molecule has 0 radical (unpaired) electrons. The highest BCUT2D eigenvalue weighted by molar-refractivity contribution is 6.46. The van der Waals surface area contributed by atoms with Crippen molar-refractivity contribution in [2.75, 3.05) is 10.2 Å². The van der Waals surface area contributed by atoms with E-state index in [0.29, 0.717) is 22.5 Å². The van der Waals surface area contributed by atoms with Crippen LogP contribution in [0.25, 0.3) is 5.57 Å². The van der Waals surface area contributed by atoms with Crippen LogP contribution in [0.2, 0.25) is 0 Å². The Hall–Kier alpha value is -3.66. The highest BCUT2D eigenvalue weighted by atomic mass is 16.2. The molecule has 0 bridgehead atoms. The molecule has 1 aliphatic rings. The molecule has 4 nitrogen and oxygen atoms in total. The van der Waals surface area contributed by atoms with Crippen molar-refractivity contribution < 1.29 is 9.59 Å². The molecular formula is C27H26N2O2. The smallest absolute Gasteiger partial charge is 0.282 e. The fourth-order valence-corrected chi connectivity index (χ4v) is 3.71. The van der Waals surface area contributed by atoms with Gasteiger partial charge in [0.15, 0.2) is 0 Å². The molecule has 2 amide bonds. The Labute approximate surface area is 183 Å². The van der Waals surface area contributed by atoms with E-state index in [1.54, 1.807) is 0 Å². The highest BCUT2D eigenvalue weighted by Crippen LogP contribution is 2.35. The van der Waals surface area contributed by atoms with Crippen LogP contribution < -0.4 is 10.2 Å². The zero-order chi connectivity index (χ0) is 22.2. The van der Waals surface area contributed by atoms with Gasteiger partial charge >= 0.3 is 0 Å². The Kier molecular flexibility index (Phi) is 5.24. The molecule has 0 fully saturated rings. The lowest BCUT2D eigenvalue weighted by molar-refractivity contribution is -0.120. The second-order valence-electron chi connectivity index (χ2n) is 8.80. The molecule has 1 heterocycles. The number of rotatable bonds is 4. The lowest BCUT2D eigenvalue weighted by Gasteiger charge is -2.21. The molecule has 0 saturated carbocycles. The van der Waals surface area contributed by atoms with E-state index in [1.165, 1.54) is 4.90 Å². The third-order valence-corrected chi connectivity index (χ3v) is 5.54. The molecule has 0 atom stereocenters. The van der Waals surface area contributed by atoms with Gasteiger partial charge in [0.2, 0.25) is 0 Å². The van der Waals surface area contributed by atoms with Gasteiger partial charge in [0.25, 0.3) is 11.8 Å². The first-order chi connectivity index (χ1) is 14.8. The summed E-state index contributed by atoms with van der Waals surface area (Å²) in [5.74, 6) is -0.675. The molecule has 1 N–H and O–H groups in total. The number of amides is 2. The van der Waals surface area contributed by atoms with Crippen LogP contribution in [0.15, 0.2) is 84.6 Å². The Morgan fingerprint density at radius 1 is 0.742 bits per heavy atom. The molecule has 0 aromatic heterocycles. The monoisotopic (exact) mass is 410 g/mol. The number of para-hydroxylation sites is 1. The summed E-state index contributed by atoms with van der Waals surface area (Å²) in [6.07, 6.45) is 0. The Bertz CT molecular complexity index is 1170. The number of anilines is 2. The molecule has 0 unspecified atom stereocenters. The van der Waals surface area contributed by atoms with E-state index in [9.17, 15) is 9.59 Å². The summed E-state index contributed by atoms with van der Waals surface area (Å²) in [5.41, 5.74) is 4.89. The van der Waals surface area contributed by atoms with Gasteiger partial charge < -0.3 is 5.32 Å². The van der Waals surface area contributed by atoms with E-state index in [2.05, 4.69) is 26.1 Å². The first-order valence-corrected chi connectivity index (χ1v) is 10.4. The minimum absolute atomic E-state index is 0.0114. The first-order valence-electron chi connectivity index (χ1n) is 10.4. The molecule has 3 aromatic carbocycles. The van der Waals surface area contributed by atoms with Crippen LogP contribution in [-0.2, 0) is 15.0 Å². The van der Waals surface area contributed by atoms with E-state index < -0.39 is 0 Å². The molecule has 4 rings (SSSR count). The number of carbonyl (C=O) groups excluding carboxylic acids is 2. The van der Waals surface area contributed by atoms with Crippen LogP contribution in [0.1, 0.15) is 37.5 Å². The average molecular weight is 411 g/mol. The standard InChI is InChI=1S/C27H26N2O2/c1-18-10-8-9-13-22(18)28-24-23(19-11-6-5-7-12-19)25(30)29(26(24)31)21-16-14-20(15-17-21)27(2,3)4/h5-17,28H,1-4H3. The van der Waals surface area contributed by atoms with E-state index >= 15 is 0 Å². The average Bonchev–Trinajstić information content (AvgIpc) is 2.99. The quantitative estimate of drug-likeness (QED) is 0.562. The maximum Gasteiger partial charge on any atom is 0.282 e. The molecule has 0 aliphatic carbocycles. The normalized spacial score (nSPS) is 14.4. The maximum absolute atomic E-state index is 13.5. The molecule has 0 saturated heterocycles. The third-order valence-electron chi connectivity index (χ3n) is 5.54. The summed E-state index contributed by atoms with van der Waals surface area (Å²) >= 11 is 0. The van der Waals surface area contributed by atoms with Gasteiger partial charge in [0, 0.05) is 5.69 Å². The predicted molar refractivity (Wildman–Crippen MR) is 126 cm³/mol. The van der Waals surface area contributed by atoms with Gasteiger partial charge in [-0.25, -0.2) is 4.90 Å². The molecule has 31 heavy (non-hydrogen) atoms. The van der Waals surface area contributed by atoms with Crippen LogP contribution in [0.5, 0.6) is 0 Å². The Balaban J connectivity index is 1.78. The molecule has 4 heteroatoms. The second kappa shape index (κ2) is 7.88. The van der Waals surface area contributed by atoms with Crippen molar-refractivity contribution in [1.29, 1.82) is 0 Å². The van der Waals surface area contributed by atoms with Gasteiger partial charge in [0.05, 0.1) is 11.3 Å². The lowest BCUT2D eigenvalue weighted by Crippen LogP contribution is -2.32. The Morgan fingerprint density at radius 2 is 1.35 bits per heavy atom. The van der Waals surface area contributed by atoms with Crippen molar-refractivity contribution in [1.82, 2.24) is 0 Å². The van der Waals surface area contributed by atoms with E-state index in [1.807, 2.05) is 85.8 Å². The fourth-order valence-electron chi connectivity index (χ4n) is 3.71. The van der Waals surface area contributed by atoms with Crippen molar-refractivity contribution in [2.24, 2.45) is 0 Å². The third kappa shape index (κ3) is 3.89. The van der Waals surface area contributed by atoms with E-state index in [4.69, 9.17) is 0 Å². The summed E-state index contributed by atoms with van der Waals surface area (Å²) < 4.78 is 0. The van der Waals surface area contributed by atoms with Crippen LogP contribution in [0, 0.1) is 6.92 Å². The first kappa shape index (κ1) is 20.6. The van der Waals surface area contributed by atoms with Gasteiger partial charge in [-0.05, 0) is 47.2 Å². The van der Waals surface area contributed by atoms with Crippen molar-refractivity contribution >= 4 is 28.8 Å². The van der Waals surface area contributed by atoms with Gasteiger partial charge in [-0.1, -0.05) is 81.4 Å². The van der Waals surface area contributed by atoms with Crippen molar-refractivity contribution in [3.63, 3.8) is 0 Å². The zero-order valence-corrected chi connectivity index (χ0v) is 18.3. The molecule has 3 aromatic rings. The summed E-state index contributed by atoms with van der Waals surface area (Å²) in [5, 5.41) is 3.24. The summed E-state index contributed by atoms with van der Waals surface area (Å²) in [6, 6.07) is 24.7. The Morgan fingerprint density at radius 3 is 1.97 bits per heavy atom. The highest BCUT2D eigenvalue weighted by Gasteiger charge is 2.40. The van der Waals surface area contributed by atoms with Gasteiger partial charge in [0.1, 0.15) is 5.70 Å². The van der Waals surface area contributed by atoms with Gasteiger partial charge in [-0.2, -0.15) is 0 Å². The predicted octanol–water partition coefficient (Wildman–Crippen LogP) is 5.69. The number of hydrogen-bond acceptors (Lipinski definition) is 3. The number of nitrogens with one attached hydrogen (secondary N) is 1. The number of hydrogen-bond donors (Lipinski definition) is 1. The van der Waals surface area contributed by atoms with E-state index in [-0.39, 0.29) is 17.2 Å². The zero-order valence-electron chi connectivity index (χ0n) is 18.3. The van der Waals surface area contributed by atoms with Crippen LogP contribution >= 0.6 is 0 Å². The van der Waals surface area contributed by atoms with Gasteiger partial charge in [-0.15, -0.1) is 0 Å². The van der Waals surface area contributed by atoms with Crippen molar-refractivity contribution in [3.8, 4) is 0 Å². The summed E-state index contributed by atoms with van der Waals surface area (Å²) in [7, 11) is 0. The van der Waals surface area contributed by atoms with Crippen molar-refractivity contribution in [2.45, 2.75) is 33.1 Å². The van der Waals surface area contributed by atoms with E-state index in [0.717, 1.165) is 16.8 Å². The minimum Gasteiger partial charge on any atom is -0.350 e. The number of benzene rings is 3. The molecule has 156 valence electrons. The summed E-state index contributed by atoms with van der Waals surface area (Å²) in [4.78, 5) is 28.2. The largest absolute Gasteiger partial charge is 0.350 e. The molecular weight excluding hydrogens is 384 g/mol. The van der Waals surface area contributed by atoms with Crippen LogP contribution in [0.4, 0.5) is 11.4 Å². The fraction of sp³-hybridized carbons (Fsp3) is 0.185. The topological polar surface area (TPSA) is 49.4 Å². The lowest BCUT2D eigenvalue weighted by atomic mass is 9.87. The summed E-state index contributed by atoms with van der Waals surface area (Å²) in [6.45, 7) is 8.36. The number of nitrogens with zero attached hydrogens (tertiary/aromatic N) is 1. The number of aryl methyl sites for hydroxylation is 1. The second-order valence-corrected chi connectivity index (χ2v) is 8.80. The van der Waals surface area contributed by atoms with Crippen molar-refractivity contribution in [3.05, 3.63) is 101 Å². The van der Waals surface area contributed by atoms with Crippen LogP contribution in [0.3, 0.4) is 0 Å². The molecule has 0 spiro atoms. The van der Waals surface area contributed by atoms with Crippen LogP contribution in [-0.4, -0.2) is 11.8 Å². The SMILES string of the molecule is Cc1ccccc1NC1=C(c2ccccc2)C(=O)N(c2ccc(C(C)(C)C)cc2)C1=O. The van der Waals surface area contributed by atoms with Gasteiger partial charge in [-0.3, -0.25) is 9.59 Å². The maximum atomic E-state index is 13.5. The number of imide groups is 1.